The van der Waals surface area contributed by atoms with Crippen LogP contribution in [0.3, 0.4) is 0 Å². The van der Waals surface area contributed by atoms with E-state index >= 15 is 0 Å². The van der Waals surface area contributed by atoms with E-state index in [0.717, 1.165) is 0 Å². The van der Waals surface area contributed by atoms with Gasteiger partial charge in [-0.15, -0.1) is 0 Å². The lowest BCUT2D eigenvalue weighted by atomic mass is 10.1. The monoisotopic (exact) mass is 321 g/mol. The van der Waals surface area contributed by atoms with E-state index in [-0.39, 0.29) is 24.9 Å². The molecule has 0 amide bonds. The molecule has 0 aliphatic carbocycles. The fourth-order valence-electron chi connectivity index (χ4n) is 2.77. The third-order valence-electron chi connectivity index (χ3n) is 3.99. The minimum absolute atomic E-state index is 0.141. The van der Waals surface area contributed by atoms with Crippen LogP contribution in [0.15, 0.2) is 24.4 Å². The summed E-state index contributed by atoms with van der Waals surface area (Å²) in [6.45, 7) is 0.563. The first-order valence-electron chi connectivity index (χ1n) is 7.47. The molecule has 0 atom stereocenters. The number of esters is 1. The number of anilines is 1. The highest BCUT2D eigenvalue weighted by Crippen LogP contribution is 2.31. The second kappa shape index (κ2) is 6.06. The summed E-state index contributed by atoms with van der Waals surface area (Å²) in [6, 6.07) is 5.19. The Labute approximate surface area is 132 Å². The minimum atomic E-state index is -2.67. The molecule has 0 aromatic carbocycles. The number of ether oxygens (including phenoxy) is 1. The van der Waals surface area contributed by atoms with Gasteiger partial charge in [0.05, 0.1) is 7.11 Å². The molecular formula is C16H17F2N3O2. The zero-order valence-electron chi connectivity index (χ0n) is 12.8. The molecule has 3 rings (SSSR count). The summed E-state index contributed by atoms with van der Waals surface area (Å²) >= 11 is 0. The topological polar surface area (TPSA) is 55.3 Å². The van der Waals surface area contributed by atoms with E-state index in [4.69, 9.17) is 4.74 Å². The van der Waals surface area contributed by atoms with Gasteiger partial charge in [-0.25, -0.2) is 23.5 Å². The molecule has 122 valence electrons. The molecule has 5 nitrogen and oxygen atoms in total. The van der Waals surface area contributed by atoms with Crippen molar-refractivity contribution < 1.29 is 18.3 Å². The van der Waals surface area contributed by atoms with Crippen LogP contribution in [0, 0.1) is 0 Å². The molecule has 1 saturated heterocycles. The van der Waals surface area contributed by atoms with Crippen LogP contribution < -0.4 is 4.90 Å². The van der Waals surface area contributed by atoms with Crippen molar-refractivity contribution in [1.82, 2.24) is 9.97 Å². The molecule has 7 heteroatoms. The second-order valence-electron chi connectivity index (χ2n) is 5.60. The van der Waals surface area contributed by atoms with E-state index in [1.54, 1.807) is 29.3 Å². The Balaban J connectivity index is 2.05. The number of methoxy groups -OCH3 is 1. The van der Waals surface area contributed by atoms with Crippen LogP contribution in [0.1, 0.15) is 29.6 Å². The van der Waals surface area contributed by atoms with Crippen molar-refractivity contribution in [1.29, 1.82) is 0 Å². The van der Waals surface area contributed by atoms with Crippen LogP contribution in [0.5, 0.6) is 0 Å². The number of hydrogen-bond donors (Lipinski definition) is 0. The highest BCUT2D eigenvalue weighted by molar-refractivity contribution is 5.98. The van der Waals surface area contributed by atoms with E-state index < -0.39 is 11.9 Å². The normalized spacial score (nSPS) is 17.8. The van der Waals surface area contributed by atoms with Crippen LogP contribution in [0.25, 0.3) is 11.0 Å². The summed E-state index contributed by atoms with van der Waals surface area (Å²) in [7, 11) is 1.29. The van der Waals surface area contributed by atoms with E-state index in [2.05, 4.69) is 9.97 Å². The molecule has 1 fully saturated rings. The maximum absolute atomic E-state index is 13.6. The second-order valence-corrected chi connectivity index (χ2v) is 5.60. The molecular weight excluding hydrogens is 304 g/mol. The Morgan fingerprint density at radius 3 is 2.96 bits per heavy atom. The number of hydrogen-bond acceptors (Lipinski definition) is 5. The van der Waals surface area contributed by atoms with Crippen LogP contribution in [-0.4, -0.2) is 42.1 Å². The first-order chi connectivity index (χ1) is 11.0. The molecule has 23 heavy (non-hydrogen) atoms. The smallest absolute Gasteiger partial charge is 0.341 e. The number of halogens is 2. The van der Waals surface area contributed by atoms with E-state index in [1.807, 2.05) is 0 Å². The standard InChI is InChI=1S/C16H17F2N3O2/c1-23-15(22)12-10-11-4-2-7-19-13(11)20-14(12)21-8-3-5-16(17,18)6-9-21/h2,4,7,10H,3,5-6,8-9H2,1H3. The fourth-order valence-corrected chi connectivity index (χ4v) is 2.77. The molecule has 0 unspecified atom stereocenters. The van der Waals surface area contributed by atoms with Gasteiger partial charge in [0.25, 0.3) is 0 Å². The van der Waals surface area contributed by atoms with Gasteiger partial charge < -0.3 is 9.64 Å². The molecule has 2 aromatic rings. The van der Waals surface area contributed by atoms with Crippen molar-refractivity contribution in [2.45, 2.75) is 25.2 Å². The average molecular weight is 321 g/mol. The lowest BCUT2D eigenvalue weighted by Crippen LogP contribution is -2.28. The fraction of sp³-hybridized carbons (Fsp3) is 0.438. The van der Waals surface area contributed by atoms with Crippen LogP contribution in [0.2, 0.25) is 0 Å². The molecule has 2 aromatic heterocycles. The summed E-state index contributed by atoms with van der Waals surface area (Å²) in [5.74, 6) is -2.84. The highest BCUT2D eigenvalue weighted by atomic mass is 19.3. The lowest BCUT2D eigenvalue weighted by Gasteiger charge is -2.23. The Morgan fingerprint density at radius 2 is 2.17 bits per heavy atom. The van der Waals surface area contributed by atoms with Gasteiger partial charge in [-0.1, -0.05) is 0 Å². The zero-order valence-corrected chi connectivity index (χ0v) is 12.8. The van der Waals surface area contributed by atoms with Gasteiger partial charge >= 0.3 is 5.97 Å². The summed E-state index contributed by atoms with van der Waals surface area (Å²) in [6.07, 6.45) is 1.54. The predicted molar refractivity (Wildman–Crippen MR) is 81.9 cm³/mol. The molecule has 1 aliphatic rings. The first kappa shape index (κ1) is 15.6. The molecule has 3 heterocycles. The van der Waals surface area contributed by atoms with E-state index in [9.17, 15) is 13.6 Å². The molecule has 1 aliphatic heterocycles. The number of alkyl halides is 2. The molecule has 0 bridgehead atoms. The van der Waals surface area contributed by atoms with E-state index in [0.29, 0.717) is 29.8 Å². The minimum Gasteiger partial charge on any atom is -0.465 e. The van der Waals surface area contributed by atoms with E-state index in [1.165, 1.54) is 7.11 Å². The SMILES string of the molecule is COC(=O)c1cc2cccnc2nc1N1CCCC(F)(F)CC1. The van der Waals surface area contributed by atoms with Gasteiger partial charge in [0, 0.05) is 37.5 Å². The quantitative estimate of drug-likeness (QED) is 0.796. The number of fused-ring (bicyclic) bond motifs is 1. The summed E-state index contributed by atoms with van der Waals surface area (Å²) in [5, 5.41) is 0.705. The third-order valence-corrected chi connectivity index (χ3v) is 3.99. The molecule has 0 N–H and O–H groups in total. The highest BCUT2D eigenvalue weighted by Gasteiger charge is 2.33. The maximum atomic E-state index is 13.6. The Bertz CT molecular complexity index is 736. The van der Waals surface area contributed by atoms with Gasteiger partial charge in [-0.2, -0.15) is 0 Å². The van der Waals surface area contributed by atoms with Crippen molar-refractivity contribution >= 4 is 22.8 Å². The van der Waals surface area contributed by atoms with Gasteiger partial charge in [0.15, 0.2) is 5.65 Å². The third kappa shape index (κ3) is 3.23. The van der Waals surface area contributed by atoms with Crippen LogP contribution in [-0.2, 0) is 4.74 Å². The van der Waals surface area contributed by atoms with Crippen molar-refractivity contribution in [3.63, 3.8) is 0 Å². The Kier molecular flexibility index (Phi) is 4.11. The van der Waals surface area contributed by atoms with Gasteiger partial charge in [-0.3, -0.25) is 0 Å². The number of carbonyl (C=O) groups excluding carboxylic acids is 1. The molecule has 0 saturated carbocycles. The van der Waals surface area contributed by atoms with Gasteiger partial charge in [0.2, 0.25) is 5.92 Å². The largest absolute Gasteiger partial charge is 0.465 e. The number of aromatic nitrogens is 2. The first-order valence-corrected chi connectivity index (χ1v) is 7.47. The zero-order chi connectivity index (χ0) is 16.4. The molecule has 0 spiro atoms. The van der Waals surface area contributed by atoms with Gasteiger partial charge in [0.1, 0.15) is 11.4 Å². The number of carbonyl (C=O) groups is 1. The Morgan fingerprint density at radius 1 is 1.35 bits per heavy atom. The number of pyridine rings is 2. The molecule has 0 radical (unpaired) electrons. The van der Waals surface area contributed by atoms with Crippen molar-refractivity contribution in [3.05, 3.63) is 30.0 Å². The average Bonchev–Trinajstić information content (AvgIpc) is 2.73. The summed E-state index contributed by atoms with van der Waals surface area (Å²) < 4.78 is 32.0. The maximum Gasteiger partial charge on any atom is 0.341 e. The lowest BCUT2D eigenvalue weighted by molar-refractivity contribution is -0.0102. The van der Waals surface area contributed by atoms with Gasteiger partial charge in [-0.05, 0) is 24.6 Å². The van der Waals surface area contributed by atoms with Crippen LogP contribution >= 0.6 is 0 Å². The number of nitrogens with zero attached hydrogens (tertiary/aromatic N) is 3. The number of rotatable bonds is 2. The van der Waals surface area contributed by atoms with Crippen LogP contribution in [0.4, 0.5) is 14.6 Å². The van der Waals surface area contributed by atoms with Crippen molar-refractivity contribution in [2.75, 3.05) is 25.1 Å². The Hall–Kier alpha value is -2.31. The predicted octanol–water partition coefficient (Wildman–Crippen LogP) is 3.04. The van der Waals surface area contributed by atoms with Crippen molar-refractivity contribution in [3.8, 4) is 0 Å². The summed E-state index contributed by atoms with van der Waals surface area (Å²) in [5.41, 5.74) is 0.754. The summed E-state index contributed by atoms with van der Waals surface area (Å²) in [4.78, 5) is 22.4. The van der Waals surface area contributed by atoms with Crippen molar-refractivity contribution in [2.24, 2.45) is 0 Å².